The van der Waals surface area contributed by atoms with Crippen LogP contribution in [0, 0.1) is 0 Å². The highest BCUT2D eigenvalue weighted by Gasteiger charge is 2.16. The Labute approximate surface area is 55.9 Å². The van der Waals surface area contributed by atoms with Gasteiger partial charge in [-0.05, 0) is 26.0 Å². The first-order chi connectivity index (χ1) is 4.34. The molecular formula is C7H13NO. The molecule has 1 aliphatic rings. The molecule has 0 bridgehead atoms. The van der Waals surface area contributed by atoms with Crippen molar-refractivity contribution >= 4 is 6.21 Å². The summed E-state index contributed by atoms with van der Waals surface area (Å²) in [5, 5.41) is 0. The molecule has 9 heavy (non-hydrogen) atoms. The van der Waals surface area contributed by atoms with Gasteiger partial charge in [0.2, 0.25) is 0 Å². The van der Waals surface area contributed by atoms with Crippen LogP contribution >= 0.6 is 0 Å². The van der Waals surface area contributed by atoms with Crippen molar-refractivity contribution in [3.63, 3.8) is 0 Å². The van der Waals surface area contributed by atoms with Gasteiger partial charge in [-0.1, -0.05) is 0 Å². The third kappa shape index (κ3) is 1.52. The van der Waals surface area contributed by atoms with Crippen molar-refractivity contribution in [1.82, 2.24) is 0 Å². The molecule has 0 saturated heterocycles. The molecule has 0 aromatic heterocycles. The standard InChI is InChI=1S/C7H13NO/c1-6(9-2)7-4-3-5-8-7/h5-7H,3-4H2,1-2H3. The summed E-state index contributed by atoms with van der Waals surface area (Å²) in [7, 11) is 1.73. The highest BCUT2D eigenvalue weighted by atomic mass is 16.5. The molecule has 52 valence electrons. The highest BCUT2D eigenvalue weighted by molar-refractivity contribution is 5.59. The minimum absolute atomic E-state index is 0.295. The number of methoxy groups -OCH3 is 1. The van der Waals surface area contributed by atoms with Gasteiger partial charge in [-0.25, -0.2) is 0 Å². The molecule has 2 atom stereocenters. The lowest BCUT2D eigenvalue weighted by molar-refractivity contribution is 0.0967. The fourth-order valence-corrected chi connectivity index (χ4v) is 1.04. The normalized spacial score (nSPS) is 28.9. The van der Waals surface area contributed by atoms with Crippen molar-refractivity contribution in [2.75, 3.05) is 7.11 Å². The predicted octanol–water partition coefficient (Wildman–Crippen LogP) is 1.25. The van der Waals surface area contributed by atoms with Gasteiger partial charge in [0.05, 0.1) is 12.1 Å². The first-order valence-corrected chi connectivity index (χ1v) is 3.39. The van der Waals surface area contributed by atoms with Crippen molar-refractivity contribution in [3.05, 3.63) is 0 Å². The van der Waals surface area contributed by atoms with Crippen LogP contribution in [0.3, 0.4) is 0 Å². The zero-order valence-electron chi connectivity index (χ0n) is 6.00. The molecule has 0 radical (unpaired) electrons. The average Bonchev–Trinajstić information content (AvgIpc) is 2.37. The quantitative estimate of drug-likeness (QED) is 0.547. The average molecular weight is 127 g/mol. The highest BCUT2D eigenvalue weighted by Crippen LogP contribution is 2.13. The van der Waals surface area contributed by atoms with Gasteiger partial charge in [-0.2, -0.15) is 0 Å². The van der Waals surface area contributed by atoms with Crippen LogP contribution in [0.15, 0.2) is 4.99 Å². The predicted molar refractivity (Wildman–Crippen MR) is 38.0 cm³/mol. The van der Waals surface area contributed by atoms with E-state index in [9.17, 15) is 0 Å². The Hall–Kier alpha value is -0.370. The van der Waals surface area contributed by atoms with E-state index >= 15 is 0 Å². The van der Waals surface area contributed by atoms with Crippen molar-refractivity contribution in [2.24, 2.45) is 4.99 Å². The van der Waals surface area contributed by atoms with Gasteiger partial charge in [0.25, 0.3) is 0 Å². The van der Waals surface area contributed by atoms with Gasteiger partial charge in [0, 0.05) is 7.11 Å². The van der Waals surface area contributed by atoms with E-state index < -0.39 is 0 Å². The topological polar surface area (TPSA) is 21.6 Å². The summed E-state index contributed by atoms with van der Waals surface area (Å²) in [5.41, 5.74) is 0. The third-order valence-electron chi connectivity index (χ3n) is 1.80. The second-order valence-corrected chi connectivity index (χ2v) is 2.42. The summed E-state index contributed by atoms with van der Waals surface area (Å²) in [6.45, 7) is 2.06. The van der Waals surface area contributed by atoms with Crippen molar-refractivity contribution in [2.45, 2.75) is 31.9 Å². The molecule has 1 heterocycles. The minimum Gasteiger partial charge on any atom is -0.380 e. The van der Waals surface area contributed by atoms with Crippen LogP contribution in [0.4, 0.5) is 0 Å². The summed E-state index contributed by atoms with van der Waals surface area (Å²) in [4.78, 5) is 4.26. The summed E-state index contributed by atoms with van der Waals surface area (Å²) >= 11 is 0. The van der Waals surface area contributed by atoms with Gasteiger partial charge in [0.1, 0.15) is 0 Å². The summed E-state index contributed by atoms with van der Waals surface area (Å²) in [6.07, 6.45) is 4.57. The molecule has 0 aromatic rings. The van der Waals surface area contributed by atoms with Crippen LogP contribution in [0.25, 0.3) is 0 Å². The van der Waals surface area contributed by atoms with Crippen molar-refractivity contribution in [1.29, 1.82) is 0 Å². The van der Waals surface area contributed by atoms with E-state index in [1.165, 1.54) is 0 Å². The van der Waals surface area contributed by atoms with E-state index in [1.54, 1.807) is 7.11 Å². The monoisotopic (exact) mass is 127 g/mol. The van der Waals surface area contributed by atoms with E-state index in [0.717, 1.165) is 12.8 Å². The fraction of sp³-hybridized carbons (Fsp3) is 0.857. The number of nitrogens with zero attached hydrogens (tertiary/aromatic N) is 1. The number of hydrogen-bond donors (Lipinski definition) is 0. The second-order valence-electron chi connectivity index (χ2n) is 2.42. The lowest BCUT2D eigenvalue weighted by Crippen LogP contribution is -2.20. The molecule has 1 rings (SSSR count). The lowest BCUT2D eigenvalue weighted by Gasteiger charge is -2.13. The lowest BCUT2D eigenvalue weighted by atomic mass is 10.1. The Balaban J connectivity index is 2.33. The van der Waals surface area contributed by atoms with E-state index in [0.29, 0.717) is 12.1 Å². The number of rotatable bonds is 2. The van der Waals surface area contributed by atoms with Gasteiger partial charge in [0.15, 0.2) is 0 Å². The Morgan fingerprint density at radius 2 is 2.56 bits per heavy atom. The molecule has 1 aliphatic heterocycles. The van der Waals surface area contributed by atoms with Gasteiger partial charge in [-0.15, -0.1) is 0 Å². The fourth-order valence-electron chi connectivity index (χ4n) is 1.04. The van der Waals surface area contributed by atoms with Crippen LogP contribution in [-0.4, -0.2) is 25.5 Å². The SMILES string of the molecule is COC(C)C1CCC=N1. The van der Waals surface area contributed by atoms with Crippen LogP contribution in [-0.2, 0) is 4.74 Å². The molecule has 0 aliphatic carbocycles. The largest absolute Gasteiger partial charge is 0.380 e. The van der Waals surface area contributed by atoms with Crippen molar-refractivity contribution in [3.8, 4) is 0 Å². The van der Waals surface area contributed by atoms with Crippen LogP contribution in [0.5, 0.6) is 0 Å². The van der Waals surface area contributed by atoms with Crippen LogP contribution in [0.1, 0.15) is 19.8 Å². The molecule has 0 spiro atoms. The van der Waals surface area contributed by atoms with Crippen LogP contribution in [0.2, 0.25) is 0 Å². The van der Waals surface area contributed by atoms with Gasteiger partial charge >= 0.3 is 0 Å². The summed E-state index contributed by atoms with van der Waals surface area (Å²) < 4.78 is 5.12. The molecule has 2 heteroatoms. The summed E-state index contributed by atoms with van der Waals surface area (Å²) in [6, 6.07) is 0.426. The van der Waals surface area contributed by atoms with E-state index in [-0.39, 0.29) is 0 Å². The Morgan fingerprint density at radius 1 is 1.78 bits per heavy atom. The maximum Gasteiger partial charge on any atom is 0.0766 e. The molecule has 0 saturated carbocycles. The maximum absolute atomic E-state index is 5.12. The Bertz CT molecular complexity index is 111. The van der Waals surface area contributed by atoms with E-state index in [2.05, 4.69) is 11.9 Å². The van der Waals surface area contributed by atoms with Crippen molar-refractivity contribution < 1.29 is 4.74 Å². The molecule has 2 nitrogen and oxygen atoms in total. The number of hydrogen-bond acceptors (Lipinski definition) is 2. The zero-order chi connectivity index (χ0) is 6.69. The molecular weight excluding hydrogens is 114 g/mol. The molecule has 0 fully saturated rings. The first-order valence-electron chi connectivity index (χ1n) is 3.39. The first kappa shape index (κ1) is 6.75. The molecule has 0 aromatic carbocycles. The number of ether oxygens (including phenoxy) is 1. The van der Waals surface area contributed by atoms with Gasteiger partial charge in [-0.3, -0.25) is 4.99 Å². The second kappa shape index (κ2) is 2.97. The Kier molecular flexibility index (Phi) is 2.22. The Morgan fingerprint density at radius 3 is 3.00 bits per heavy atom. The van der Waals surface area contributed by atoms with E-state index in [1.807, 2.05) is 6.21 Å². The maximum atomic E-state index is 5.12. The zero-order valence-corrected chi connectivity index (χ0v) is 6.00. The van der Waals surface area contributed by atoms with Gasteiger partial charge < -0.3 is 4.74 Å². The van der Waals surface area contributed by atoms with Crippen LogP contribution < -0.4 is 0 Å². The molecule has 0 N–H and O–H groups in total. The summed E-state index contributed by atoms with van der Waals surface area (Å²) in [5.74, 6) is 0. The smallest absolute Gasteiger partial charge is 0.0766 e. The minimum atomic E-state index is 0.295. The number of aliphatic imine (C=N–C) groups is 1. The molecule has 2 unspecified atom stereocenters. The van der Waals surface area contributed by atoms with E-state index in [4.69, 9.17) is 4.74 Å². The third-order valence-corrected chi connectivity index (χ3v) is 1.80. The molecule has 0 amide bonds.